The van der Waals surface area contributed by atoms with Crippen molar-refractivity contribution >= 4 is 17.4 Å². The molecule has 1 aliphatic rings. The molecule has 1 aromatic carbocycles. The molecule has 1 amide bonds. The molecule has 0 saturated carbocycles. The number of fused-ring (bicyclic) bond motifs is 1. The van der Waals surface area contributed by atoms with E-state index in [9.17, 15) is 9.59 Å². The number of hydrogen-bond donors (Lipinski definition) is 1. The smallest absolute Gasteiger partial charge is 0.296 e. The summed E-state index contributed by atoms with van der Waals surface area (Å²) in [5.74, 6) is -0.980. The van der Waals surface area contributed by atoms with E-state index in [0.29, 0.717) is 11.3 Å². The topological polar surface area (TPSA) is 46.2 Å². The molecule has 0 aromatic heterocycles. The van der Waals surface area contributed by atoms with Gasteiger partial charge in [-0.3, -0.25) is 9.59 Å². The van der Waals surface area contributed by atoms with Gasteiger partial charge in [-0.05, 0) is 12.1 Å². The molecule has 3 heteroatoms. The number of hydrogen-bond acceptors (Lipinski definition) is 2. The molecule has 0 aliphatic carbocycles. The second-order valence-corrected chi connectivity index (χ2v) is 2.33. The first kappa shape index (κ1) is 8.46. The van der Waals surface area contributed by atoms with Crippen molar-refractivity contribution in [2.24, 2.45) is 0 Å². The van der Waals surface area contributed by atoms with Crippen LogP contribution in [-0.2, 0) is 4.79 Å². The molecule has 0 fully saturated rings. The van der Waals surface area contributed by atoms with Crippen LogP contribution in [0, 0.1) is 0 Å². The molecule has 12 heavy (non-hydrogen) atoms. The van der Waals surface area contributed by atoms with Gasteiger partial charge >= 0.3 is 0 Å². The van der Waals surface area contributed by atoms with Crippen LogP contribution in [-0.4, -0.2) is 11.7 Å². The van der Waals surface area contributed by atoms with Crippen LogP contribution in [0.1, 0.15) is 17.8 Å². The lowest BCUT2D eigenvalue weighted by Crippen LogP contribution is -2.12. The monoisotopic (exact) mass is 163 g/mol. The molecule has 3 nitrogen and oxygen atoms in total. The maximum Gasteiger partial charge on any atom is 0.296 e. The van der Waals surface area contributed by atoms with Crippen molar-refractivity contribution in [2.75, 3.05) is 5.32 Å². The lowest BCUT2D eigenvalue weighted by atomic mass is 10.1. The number of anilines is 1. The van der Waals surface area contributed by atoms with E-state index in [4.69, 9.17) is 0 Å². The van der Waals surface area contributed by atoms with Crippen LogP contribution in [0.25, 0.3) is 0 Å². The highest BCUT2D eigenvalue weighted by molar-refractivity contribution is 6.51. The van der Waals surface area contributed by atoms with Gasteiger partial charge in [0.15, 0.2) is 0 Å². The van der Waals surface area contributed by atoms with E-state index >= 15 is 0 Å². The van der Waals surface area contributed by atoms with Gasteiger partial charge in [0.25, 0.3) is 11.7 Å². The van der Waals surface area contributed by atoms with Gasteiger partial charge in [0.2, 0.25) is 0 Å². The quantitative estimate of drug-likeness (QED) is 0.588. The van der Waals surface area contributed by atoms with E-state index in [1.54, 1.807) is 24.3 Å². The average molecular weight is 163 g/mol. The summed E-state index contributed by atoms with van der Waals surface area (Å²) in [5.41, 5.74) is 1.08. The summed E-state index contributed by atoms with van der Waals surface area (Å²) in [4.78, 5) is 21.8. The Balaban J connectivity index is 0.000000720. The van der Waals surface area contributed by atoms with E-state index < -0.39 is 11.7 Å². The summed E-state index contributed by atoms with van der Waals surface area (Å²) < 4.78 is 0. The molecule has 0 saturated heterocycles. The zero-order valence-electron chi connectivity index (χ0n) is 5.63. The Bertz CT molecular complexity index is 344. The standard InChI is InChI=1S/C8H5NO2.CH4/c10-7-5-3-1-2-4-6(5)9-8(7)11;/h1-4H,(H,9,10,11);1H4. The van der Waals surface area contributed by atoms with Gasteiger partial charge in [-0.25, -0.2) is 0 Å². The van der Waals surface area contributed by atoms with E-state index in [1.807, 2.05) is 0 Å². The molecule has 0 atom stereocenters. The Kier molecular flexibility index (Phi) is 1.95. The summed E-state index contributed by atoms with van der Waals surface area (Å²) in [5, 5.41) is 2.46. The highest BCUT2D eigenvalue weighted by Gasteiger charge is 2.26. The van der Waals surface area contributed by atoms with Gasteiger partial charge < -0.3 is 5.32 Å². The fourth-order valence-corrected chi connectivity index (χ4v) is 1.09. The molecular weight excluding hydrogens is 154 g/mol. The zero-order valence-corrected chi connectivity index (χ0v) is 5.63. The van der Waals surface area contributed by atoms with Crippen molar-refractivity contribution in [3.05, 3.63) is 29.8 Å². The van der Waals surface area contributed by atoms with Gasteiger partial charge in [0.1, 0.15) is 0 Å². The summed E-state index contributed by atoms with van der Waals surface area (Å²) in [6.45, 7) is 0. The minimum atomic E-state index is -0.536. The molecule has 0 bridgehead atoms. The predicted molar refractivity (Wildman–Crippen MR) is 46.1 cm³/mol. The zero-order chi connectivity index (χ0) is 7.84. The molecule has 0 unspecified atom stereocenters. The second kappa shape index (κ2) is 2.77. The maximum atomic E-state index is 11.0. The highest BCUT2D eigenvalue weighted by atomic mass is 16.2. The number of Topliss-reactive ketones (excluding diaryl/α,β-unsaturated/α-hetero) is 1. The molecule has 0 spiro atoms. The number of ketones is 1. The van der Waals surface area contributed by atoms with E-state index in [2.05, 4.69) is 5.32 Å². The van der Waals surface area contributed by atoms with Crippen LogP contribution in [0.4, 0.5) is 5.69 Å². The Morgan fingerprint density at radius 2 is 1.75 bits per heavy atom. The summed E-state index contributed by atoms with van der Waals surface area (Å²) >= 11 is 0. The van der Waals surface area contributed by atoms with Crippen molar-refractivity contribution in [2.45, 2.75) is 7.43 Å². The Labute approximate surface area is 70.4 Å². The molecular formula is C9H9NO2. The highest BCUT2D eigenvalue weighted by Crippen LogP contribution is 2.21. The largest absolute Gasteiger partial charge is 0.318 e. The first-order valence-corrected chi connectivity index (χ1v) is 3.24. The van der Waals surface area contributed by atoms with Crippen LogP contribution < -0.4 is 5.32 Å². The predicted octanol–water partition coefficient (Wildman–Crippen LogP) is 1.46. The Morgan fingerprint density at radius 1 is 1.08 bits per heavy atom. The number of benzene rings is 1. The third kappa shape index (κ3) is 0.993. The number of rotatable bonds is 0. The normalized spacial score (nSPS) is 13.3. The second-order valence-electron chi connectivity index (χ2n) is 2.33. The number of amides is 1. The summed E-state index contributed by atoms with van der Waals surface area (Å²) in [6, 6.07) is 6.85. The maximum absolute atomic E-state index is 11.0. The fourth-order valence-electron chi connectivity index (χ4n) is 1.09. The SMILES string of the molecule is C.O=C1Nc2ccccc2C1=O. The van der Waals surface area contributed by atoms with Crippen molar-refractivity contribution in [3.8, 4) is 0 Å². The van der Waals surface area contributed by atoms with Crippen molar-refractivity contribution in [1.29, 1.82) is 0 Å². The van der Waals surface area contributed by atoms with Crippen molar-refractivity contribution < 1.29 is 9.59 Å². The molecule has 1 aliphatic heterocycles. The van der Waals surface area contributed by atoms with Crippen LogP contribution in [0.2, 0.25) is 0 Å². The van der Waals surface area contributed by atoms with Crippen molar-refractivity contribution in [3.63, 3.8) is 0 Å². The Morgan fingerprint density at radius 3 is 2.42 bits per heavy atom. The van der Waals surface area contributed by atoms with Gasteiger partial charge in [-0.2, -0.15) is 0 Å². The van der Waals surface area contributed by atoms with E-state index in [-0.39, 0.29) is 7.43 Å². The van der Waals surface area contributed by atoms with Gasteiger partial charge in [0.05, 0.1) is 11.3 Å². The van der Waals surface area contributed by atoms with Crippen LogP contribution in [0.15, 0.2) is 24.3 Å². The van der Waals surface area contributed by atoms with E-state index in [0.717, 1.165) is 0 Å². The molecule has 62 valence electrons. The van der Waals surface area contributed by atoms with Gasteiger partial charge in [0, 0.05) is 0 Å². The minimum absolute atomic E-state index is 0. The summed E-state index contributed by atoms with van der Waals surface area (Å²) in [6.07, 6.45) is 0. The third-order valence-electron chi connectivity index (χ3n) is 1.63. The lowest BCUT2D eigenvalue weighted by molar-refractivity contribution is -0.112. The average Bonchev–Trinajstić information content (AvgIpc) is 2.30. The molecule has 1 aromatic rings. The first-order chi connectivity index (χ1) is 5.29. The minimum Gasteiger partial charge on any atom is -0.318 e. The number of carbonyl (C=O) groups is 2. The lowest BCUT2D eigenvalue weighted by Gasteiger charge is -1.91. The van der Waals surface area contributed by atoms with Gasteiger partial charge in [-0.15, -0.1) is 0 Å². The van der Waals surface area contributed by atoms with Crippen LogP contribution in [0.3, 0.4) is 0 Å². The first-order valence-electron chi connectivity index (χ1n) is 3.24. The summed E-state index contributed by atoms with van der Waals surface area (Å²) in [7, 11) is 0. The fraction of sp³-hybridized carbons (Fsp3) is 0.111. The number of carbonyl (C=O) groups excluding carboxylic acids is 2. The number of nitrogens with one attached hydrogen (secondary N) is 1. The number of para-hydroxylation sites is 1. The van der Waals surface area contributed by atoms with Crippen molar-refractivity contribution in [1.82, 2.24) is 0 Å². The molecule has 2 rings (SSSR count). The molecule has 1 heterocycles. The van der Waals surface area contributed by atoms with E-state index in [1.165, 1.54) is 0 Å². The van der Waals surface area contributed by atoms with Crippen LogP contribution >= 0.6 is 0 Å². The Hall–Kier alpha value is -1.64. The molecule has 1 N–H and O–H groups in total. The molecule has 0 radical (unpaired) electrons. The van der Waals surface area contributed by atoms with Crippen LogP contribution in [0.5, 0.6) is 0 Å². The third-order valence-corrected chi connectivity index (χ3v) is 1.63. The van der Waals surface area contributed by atoms with Gasteiger partial charge in [-0.1, -0.05) is 19.6 Å².